The summed E-state index contributed by atoms with van der Waals surface area (Å²) < 4.78 is 0. The van der Waals surface area contributed by atoms with Crippen LogP contribution in [0.3, 0.4) is 0 Å². The van der Waals surface area contributed by atoms with E-state index in [-0.39, 0.29) is 5.91 Å². The SMILES string of the molecule is Cc1cc(N)c(NC(=O)CCC2CCCC2)cc1C. The fraction of sp³-hybridized carbons (Fsp3) is 0.562. The average molecular weight is 260 g/mol. The van der Waals surface area contributed by atoms with Gasteiger partial charge in [-0.2, -0.15) is 0 Å². The third-order valence-electron chi connectivity index (χ3n) is 4.19. The number of hydrogen-bond donors (Lipinski definition) is 2. The highest BCUT2D eigenvalue weighted by molar-refractivity contribution is 5.94. The number of amides is 1. The molecule has 0 aromatic heterocycles. The van der Waals surface area contributed by atoms with Gasteiger partial charge in [0.05, 0.1) is 11.4 Å². The van der Waals surface area contributed by atoms with Gasteiger partial charge in [-0.15, -0.1) is 0 Å². The maximum atomic E-state index is 12.0. The molecule has 1 aliphatic carbocycles. The normalized spacial score (nSPS) is 15.7. The number of nitrogen functional groups attached to an aromatic ring is 1. The smallest absolute Gasteiger partial charge is 0.224 e. The zero-order valence-electron chi connectivity index (χ0n) is 12.0. The predicted molar refractivity (Wildman–Crippen MR) is 80.2 cm³/mol. The van der Waals surface area contributed by atoms with Crippen molar-refractivity contribution in [3.8, 4) is 0 Å². The van der Waals surface area contributed by atoms with Crippen molar-refractivity contribution < 1.29 is 4.79 Å². The van der Waals surface area contributed by atoms with Crippen LogP contribution < -0.4 is 11.1 Å². The molecule has 0 spiro atoms. The predicted octanol–water partition coefficient (Wildman–Crippen LogP) is 3.79. The third-order valence-corrected chi connectivity index (χ3v) is 4.19. The Morgan fingerprint density at radius 1 is 1.26 bits per heavy atom. The van der Waals surface area contributed by atoms with Crippen LogP contribution in [0, 0.1) is 19.8 Å². The summed E-state index contributed by atoms with van der Waals surface area (Å²) in [4.78, 5) is 12.0. The summed E-state index contributed by atoms with van der Waals surface area (Å²) in [5.41, 5.74) is 9.65. The van der Waals surface area contributed by atoms with Crippen LogP contribution in [0.5, 0.6) is 0 Å². The van der Waals surface area contributed by atoms with E-state index in [1.54, 1.807) is 0 Å². The summed E-state index contributed by atoms with van der Waals surface area (Å²) in [6, 6.07) is 3.88. The Morgan fingerprint density at radius 2 is 1.89 bits per heavy atom. The van der Waals surface area contributed by atoms with Crippen molar-refractivity contribution in [1.29, 1.82) is 0 Å². The molecule has 104 valence electrons. The number of carbonyl (C=O) groups is 1. The topological polar surface area (TPSA) is 55.1 Å². The fourth-order valence-electron chi connectivity index (χ4n) is 2.79. The number of aryl methyl sites for hydroxylation is 2. The highest BCUT2D eigenvalue weighted by Gasteiger charge is 2.16. The molecule has 3 N–H and O–H groups in total. The van der Waals surface area contributed by atoms with E-state index in [9.17, 15) is 4.79 Å². The van der Waals surface area contributed by atoms with Gasteiger partial charge in [0.25, 0.3) is 0 Å². The molecule has 1 aromatic carbocycles. The van der Waals surface area contributed by atoms with Gasteiger partial charge in [-0.3, -0.25) is 4.79 Å². The second-order valence-corrected chi connectivity index (χ2v) is 5.76. The van der Waals surface area contributed by atoms with Crippen molar-refractivity contribution in [2.45, 2.75) is 52.4 Å². The first-order chi connectivity index (χ1) is 9.06. The highest BCUT2D eigenvalue weighted by atomic mass is 16.1. The molecule has 0 bridgehead atoms. The van der Waals surface area contributed by atoms with E-state index in [1.807, 2.05) is 26.0 Å². The lowest BCUT2D eigenvalue weighted by Crippen LogP contribution is -2.14. The Kier molecular flexibility index (Phi) is 4.46. The molecular weight excluding hydrogens is 236 g/mol. The minimum absolute atomic E-state index is 0.0850. The van der Waals surface area contributed by atoms with Crippen LogP contribution in [-0.2, 0) is 4.79 Å². The van der Waals surface area contributed by atoms with Gasteiger partial charge in [0, 0.05) is 6.42 Å². The maximum Gasteiger partial charge on any atom is 0.224 e. The van der Waals surface area contributed by atoms with Gasteiger partial charge in [0.2, 0.25) is 5.91 Å². The zero-order chi connectivity index (χ0) is 13.8. The van der Waals surface area contributed by atoms with Gasteiger partial charge in [-0.1, -0.05) is 25.7 Å². The Hall–Kier alpha value is -1.51. The Morgan fingerprint density at radius 3 is 2.58 bits per heavy atom. The summed E-state index contributed by atoms with van der Waals surface area (Å²) in [5.74, 6) is 0.838. The van der Waals surface area contributed by atoms with E-state index in [4.69, 9.17) is 5.73 Å². The van der Waals surface area contributed by atoms with Crippen molar-refractivity contribution in [2.75, 3.05) is 11.1 Å². The standard InChI is InChI=1S/C16H24N2O/c1-11-9-14(17)15(10-12(11)2)18-16(19)8-7-13-5-3-4-6-13/h9-10,13H,3-8,17H2,1-2H3,(H,18,19). The van der Waals surface area contributed by atoms with Crippen molar-refractivity contribution in [2.24, 2.45) is 5.92 Å². The molecule has 0 saturated heterocycles. The molecule has 19 heavy (non-hydrogen) atoms. The van der Waals surface area contributed by atoms with Gasteiger partial charge in [0.1, 0.15) is 0 Å². The fourth-order valence-corrected chi connectivity index (χ4v) is 2.79. The van der Waals surface area contributed by atoms with Gasteiger partial charge in [0.15, 0.2) is 0 Å². The Balaban J connectivity index is 1.89. The van der Waals surface area contributed by atoms with Crippen molar-refractivity contribution in [3.05, 3.63) is 23.3 Å². The van der Waals surface area contributed by atoms with Crippen LogP contribution in [0.1, 0.15) is 49.7 Å². The zero-order valence-corrected chi connectivity index (χ0v) is 12.0. The lowest BCUT2D eigenvalue weighted by Gasteiger charge is -2.12. The molecule has 0 heterocycles. The van der Waals surface area contributed by atoms with E-state index in [0.29, 0.717) is 12.1 Å². The van der Waals surface area contributed by atoms with Crippen LogP contribution in [0.15, 0.2) is 12.1 Å². The maximum absolute atomic E-state index is 12.0. The number of hydrogen-bond acceptors (Lipinski definition) is 2. The molecule has 3 nitrogen and oxygen atoms in total. The summed E-state index contributed by atoms with van der Waals surface area (Å²) in [7, 11) is 0. The largest absolute Gasteiger partial charge is 0.397 e. The van der Waals surface area contributed by atoms with Crippen LogP contribution in [0.4, 0.5) is 11.4 Å². The van der Waals surface area contributed by atoms with Gasteiger partial charge in [-0.25, -0.2) is 0 Å². The summed E-state index contributed by atoms with van der Waals surface area (Å²) in [5, 5.41) is 2.94. The molecule has 1 saturated carbocycles. The summed E-state index contributed by atoms with van der Waals surface area (Å²) >= 11 is 0. The van der Waals surface area contributed by atoms with E-state index >= 15 is 0 Å². The van der Waals surface area contributed by atoms with E-state index in [1.165, 1.54) is 25.7 Å². The van der Waals surface area contributed by atoms with Crippen LogP contribution in [0.2, 0.25) is 0 Å². The molecule has 0 radical (unpaired) electrons. The molecule has 0 unspecified atom stereocenters. The third kappa shape index (κ3) is 3.72. The summed E-state index contributed by atoms with van der Waals surface area (Å²) in [6.45, 7) is 4.06. The summed E-state index contributed by atoms with van der Waals surface area (Å²) in [6.07, 6.45) is 6.86. The van der Waals surface area contributed by atoms with E-state index < -0.39 is 0 Å². The monoisotopic (exact) mass is 260 g/mol. The van der Waals surface area contributed by atoms with Crippen molar-refractivity contribution in [1.82, 2.24) is 0 Å². The van der Waals surface area contributed by atoms with Crippen molar-refractivity contribution in [3.63, 3.8) is 0 Å². The second-order valence-electron chi connectivity index (χ2n) is 5.76. The number of nitrogens with two attached hydrogens (primary N) is 1. The molecule has 1 amide bonds. The molecule has 2 rings (SSSR count). The molecule has 1 aliphatic rings. The quantitative estimate of drug-likeness (QED) is 0.809. The number of carbonyl (C=O) groups excluding carboxylic acids is 1. The Labute approximate surface area is 115 Å². The molecule has 1 fully saturated rings. The number of anilines is 2. The first kappa shape index (κ1) is 13.9. The van der Waals surface area contributed by atoms with E-state index in [2.05, 4.69) is 5.32 Å². The lowest BCUT2D eigenvalue weighted by atomic mass is 10.0. The van der Waals surface area contributed by atoms with Gasteiger partial charge in [-0.05, 0) is 49.4 Å². The molecule has 0 atom stereocenters. The first-order valence-electron chi connectivity index (χ1n) is 7.23. The average Bonchev–Trinajstić information content (AvgIpc) is 2.86. The lowest BCUT2D eigenvalue weighted by molar-refractivity contribution is -0.116. The van der Waals surface area contributed by atoms with E-state index in [0.717, 1.165) is 29.2 Å². The van der Waals surface area contributed by atoms with Crippen LogP contribution in [0.25, 0.3) is 0 Å². The molecule has 0 aliphatic heterocycles. The second kappa shape index (κ2) is 6.09. The van der Waals surface area contributed by atoms with Crippen LogP contribution >= 0.6 is 0 Å². The van der Waals surface area contributed by atoms with Crippen LogP contribution in [-0.4, -0.2) is 5.91 Å². The minimum atomic E-state index is 0.0850. The van der Waals surface area contributed by atoms with Crippen molar-refractivity contribution >= 4 is 17.3 Å². The first-order valence-corrected chi connectivity index (χ1v) is 7.23. The number of benzene rings is 1. The van der Waals surface area contributed by atoms with Gasteiger partial charge >= 0.3 is 0 Å². The Bertz CT molecular complexity index is 462. The molecular formula is C16H24N2O. The minimum Gasteiger partial charge on any atom is -0.397 e. The van der Waals surface area contributed by atoms with Gasteiger partial charge < -0.3 is 11.1 Å². The molecule has 1 aromatic rings. The number of rotatable bonds is 4. The molecule has 3 heteroatoms. The highest BCUT2D eigenvalue weighted by Crippen LogP contribution is 2.29. The number of nitrogens with one attached hydrogen (secondary N) is 1.